The standard InChI is InChI=1S/C79H106N12O18/c1-42(2)59(88-72(102)106-76(9,10)11)67(96)82-51-33-48(34-52(39-51)83-68(97)60(43(3)4)89-73(103)107-77(12,13)14)63(92)86-57(31-46-27-23-21-24-28-46)65(94)80-55-37-50(71(100)101)38-56(41-55)81-66(95)58(32-47-29-25-22-26-30-47)87-64(93)49-35-53(84-69(98)61(44(5)6)90-74(104)108-78(15,16)17)40-54(36-49)85-70(99)62(45(7)8)91-75(105)109-79(18,19)20/h21-30,33-45,57-62H,31-32H2,1-20H3,(H,80,94)(H,81,95)(H,82,96)(H,83,97)(H,84,98)(H,85,99)(H,86,92)(H,87,93)(H,88,102)(H,89,103)(H,90,104)(H,91,105)(H,100,101)/t57-,58-,59-,60-,61-,62-/m0/s1. The van der Waals surface area contributed by atoms with Gasteiger partial charge < -0.3 is 87.9 Å². The van der Waals surface area contributed by atoms with E-state index in [0.717, 1.165) is 12.1 Å². The Morgan fingerprint density at radius 2 is 0.514 bits per heavy atom. The third kappa shape index (κ3) is 30.3. The van der Waals surface area contributed by atoms with E-state index in [1.165, 1.54) is 42.5 Å². The zero-order chi connectivity index (χ0) is 81.8. The topological polar surface area (TPSA) is 423 Å². The van der Waals surface area contributed by atoms with Crippen LogP contribution in [0.3, 0.4) is 0 Å². The molecule has 12 amide bonds. The van der Waals surface area contributed by atoms with Crippen molar-refractivity contribution in [3.8, 4) is 0 Å². The zero-order valence-electron chi connectivity index (χ0n) is 65.5. The van der Waals surface area contributed by atoms with Gasteiger partial charge in [-0.2, -0.15) is 0 Å². The normalized spacial score (nSPS) is 13.3. The summed E-state index contributed by atoms with van der Waals surface area (Å²) in [7, 11) is 0. The van der Waals surface area contributed by atoms with Gasteiger partial charge in [0.1, 0.15) is 58.7 Å². The van der Waals surface area contributed by atoms with Gasteiger partial charge in [-0.15, -0.1) is 0 Å². The van der Waals surface area contributed by atoms with E-state index in [1.54, 1.807) is 199 Å². The Balaban J connectivity index is 1.55. The Morgan fingerprint density at radius 1 is 0.303 bits per heavy atom. The number of nitrogens with one attached hydrogen (secondary N) is 12. The summed E-state index contributed by atoms with van der Waals surface area (Å²) in [5.74, 6) is -10.2. The maximum Gasteiger partial charge on any atom is 0.408 e. The lowest BCUT2D eigenvalue weighted by molar-refractivity contribution is -0.119. The molecule has 0 fully saturated rings. The molecule has 13 N–H and O–H groups in total. The molecule has 109 heavy (non-hydrogen) atoms. The summed E-state index contributed by atoms with van der Waals surface area (Å²) in [6.07, 6.45) is -3.91. The highest BCUT2D eigenvalue weighted by Crippen LogP contribution is 2.27. The second kappa shape index (κ2) is 38.3. The van der Waals surface area contributed by atoms with Crippen molar-refractivity contribution in [1.29, 1.82) is 0 Å². The summed E-state index contributed by atoms with van der Waals surface area (Å²) in [5.41, 5.74) is -4.13. The van der Waals surface area contributed by atoms with Gasteiger partial charge in [0.05, 0.1) is 5.56 Å². The van der Waals surface area contributed by atoms with Crippen LogP contribution in [0.4, 0.5) is 53.3 Å². The van der Waals surface area contributed by atoms with Crippen molar-refractivity contribution >= 4 is 112 Å². The van der Waals surface area contributed by atoms with Crippen molar-refractivity contribution in [1.82, 2.24) is 31.9 Å². The molecule has 6 atom stereocenters. The minimum Gasteiger partial charge on any atom is -0.478 e. The van der Waals surface area contributed by atoms with Gasteiger partial charge >= 0.3 is 30.3 Å². The minimum absolute atomic E-state index is 0.0650. The predicted octanol–water partition coefficient (Wildman–Crippen LogP) is 11.3. The fourth-order valence-electron chi connectivity index (χ4n) is 10.5. The number of benzene rings is 5. The summed E-state index contributed by atoms with van der Waals surface area (Å²) in [5, 5.41) is 42.5. The molecular weight excluding hydrogens is 1400 g/mol. The first-order chi connectivity index (χ1) is 50.5. The number of ether oxygens (including phenoxy) is 4. The van der Waals surface area contributed by atoms with Crippen LogP contribution in [0.5, 0.6) is 0 Å². The molecule has 0 aliphatic rings. The highest BCUT2D eigenvalue weighted by atomic mass is 16.6. The third-order valence-electron chi connectivity index (χ3n) is 15.5. The van der Waals surface area contributed by atoms with Crippen molar-refractivity contribution in [3.63, 3.8) is 0 Å². The molecule has 30 nitrogen and oxygen atoms in total. The molecule has 5 rings (SSSR count). The lowest BCUT2D eigenvalue weighted by atomic mass is 10.0. The van der Waals surface area contributed by atoms with Gasteiger partial charge in [-0.1, -0.05) is 116 Å². The monoisotopic (exact) mass is 1510 g/mol. The number of carbonyl (C=O) groups is 13. The number of carbonyl (C=O) groups excluding carboxylic acids is 12. The molecule has 5 aromatic carbocycles. The molecular formula is C79H106N12O18. The van der Waals surface area contributed by atoms with Crippen LogP contribution in [0.15, 0.2) is 115 Å². The van der Waals surface area contributed by atoms with Crippen LogP contribution in [-0.4, -0.2) is 141 Å². The number of aromatic carboxylic acids is 1. The Morgan fingerprint density at radius 3 is 0.716 bits per heavy atom. The van der Waals surface area contributed by atoms with Crippen LogP contribution in [0, 0.1) is 23.7 Å². The van der Waals surface area contributed by atoms with Crippen molar-refractivity contribution < 1.29 is 86.4 Å². The van der Waals surface area contributed by atoms with Crippen LogP contribution < -0.4 is 63.8 Å². The van der Waals surface area contributed by atoms with Crippen molar-refractivity contribution in [3.05, 3.63) is 143 Å². The van der Waals surface area contributed by atoms with Crippen molar-refractivity contribution in [2.75, 3.05) is 31.9 Å². The molecule has 0 unspecified atom stereocenters. The van der Waals surface area contributed by atoms with Gasteiger partial charge in [0.15, 0.2) is 0 Å². The van der Waals surface area contributed by atoms with Gasteiger partial charge in [0.25, 0.3) is 11.8 Å². The minimum atomic E-state index is -1.50. The van der Waals surface area contributed by atoms with Crippen LogP contribution in [-0.2, 0) is 60.6 Å². The SMILES string of the molecule is CC(C)[C@H](NC(=O)OC(C)(C)C)C(=O)Nc1cc(NC(=O)[C@@H](NC(=O)OC(C)(C)C)C(C)C)cc(C(=O)N[C@@H](Cc2ccccc2)C(=O)Nc2cc(NC(=O)[C@H](Cc3ccccc3)NC(=O)c3cc(NC(=O)[C@@H](NC(=O)OC(C)(C)C)C(C)C)cc(NC(=O)[C@@H](NC(=O)OC(C)(C)C)C(C)C)c3)cc(C(=O)O)c2)c1. The van der Waals surface area contributed by atoms with E-state index in [9.17, 15) is 67.4 Å². The first-order valence-electron chi connectivity index (χ1n) is 35.7. The quantitative estimate of drug-likeness (QED) is 0.0198. The van der Waals surface area contributed by atoms with E-state index in [1.807, 2.05) is 0 Å². The van der Waals surface area contributed by atoms with Crippen molar-refractivity contribution in [2.24, 2.45) is 23.7 Å². The second-order valence-electron chi connectivity index (χ2n) is 31.5. The van der Waals surface area contributed by atoms with E-state index < -0.39 is 165 Å². The maximum absolute atomic E-state index is 14.9. The van der Waals surface area contributed by atoms with E-state index in [-0.39, 0.29) is 58.1 Å². The zero-order valence-corrected chi connectivity index (χ0v) is 65.5. The molecule has 0 bridgehead atoms. The molecule has 0 aliphatic carbocycles. The number of hydrogen-bond acceptors (Lipinski definition) is 17. The van der Waals surface area contributed by atoms with E-state index in [0.29, 0.717) is 11.1 Å². The van der Waals surface area contributed by atoms with Crippen LogP contribution >= 0.6 is 0 Å². The molecule has 0 saturated heterocycles. The first kappa shape index (κ1) is 88.0. The molecule has 5 aromatic rings. The molecule has 0 heterocycles. The smallest absolute Gasteiger partial charge is 0.408 e. The summed E-state index contributed by atoms with van der Waals surface area (Å²) in [6.45, 7) is 33.2. The second-order valence-corrected chi connectivity index (χ2v) is 31.5. The highest BCUT2D eigenvalue weighted by Gasteiger charge is 2.34. The average Bonchev–Trinajstić information content (AvgIpc) is 0.824. The van der Waals surface area contributed by atoms with Crippen molar-refractivity contribution in [2.45, 2.75) is 210 Å². The number of amides is 12. The van der Waals surface area contributed by atoms with E-state index in [4.69, 9.17) is 18.9 Å². The Hall–Kier alpha value is -11.6. The highest BCUT2D eigenvalue weighted by molar-refractivity contribution is 6.08. The number of rotatable bonds is 29. The lowest BCUT2D eigenvalue weighted by Gasteiger charge is -2.26. The van der Waals surface area contributed by atoms with Gasteiger partial charge in [0.2, 0.25) is 35.4 Å². The fourth-order valence-corrected chi connectivity index (χ4v) is 10.5. The van der Waals surface area contributed by atoms with Crippen LogP contribution in [0.25, 0.3) is 0 Å². The summed E-state index contributed by atoms with van der Waals surface area (Å²) >= 11 is 0. The molecule has 0 saturated carbocycles. The van der Waals surface area contributed by atoms with E-state index >= 15 is 0 Å². The fraction of sp³-hybridized carbons (Fsp3) is 0.456. The molecule has 0 spiro atoms. The molecule has 0 aromatic heterocycles. The van der Waals surface area contributed by atoms with E-state index in [2.05, 4.69) is 63.8 Å². The van der Waals surface area contributed by atoms with Crippen LogP contribution in [0.2, 0.25) is 0 Å². The number of carboxylic acid groups (broad SMARTS) is 1. The van der Waals surface area contributed by atoms with Crippen LogP contribution in [0.1, 0.15) is 181 Å². The number of carboxylic acids is 1. The Labute approximate surface area is 635 Å². The van der Waals surface area contributed by atoms with Gasteiger partial charge in [-0.05, 0) is 172 Å². The predicted molar refractivity (Wildman–Crippen MR) is 413 cm³/mol. The third-order valence-corrected chi connectivity index (χ3v) is 15.5. The summed E-state index contributed by atoms with van der Waals surface area (Å²) < 4.78 is 21.7. The van der Waals surface area contributed by atoms with Gasteiger partial charge in [0, 0.05) is 58.1 Å². The maximum atomic E-state index is 14.9. The summed E-state index contributed by atoms with van der Waals surface area (Å²) in [4.78, 5) is 181. The first-order valence-corrected chi connectivity index (χ1v) is 35.7. The number of hydrogen-bond donors (Lipinski definition) is 13. The largest absolute Gasteiger partial charge is 0.478 e. The van der Waals surface area contributed by atoms with Gasteiger partial charge in [-0.3, -0.25) is 38.4 Å². The summed E-state index contributed by atoms with van der Waals surface area (Å²) in [6, 6.07) is 20.3. The van der Waals surface area contributed by atoms with Gasteiger partial charge in [-0.25, -0.2) is 24.0 Å². The lowest BCUT2D eigenvalue weighted by Crippen LogP contribution is -2.49. The molecule has 0 radical (unpaired) electrons. The number of anilines is 6. The molecule has 30 heteroatoms. The Kier molecular flexibility index (Phi) is 30.9. The molecule has 0 aliphatic heterocycles. The average molecular weight is 1510 g/mol. The number of alkyl carbamates (subject to hydrolysis) is 4. The molecule has 590 valence electrons. The Bertz CT molecular complexity index is 3720.